The summed E-state index contributed by atoms with van der Waals surface area (Å²) in [5, 5.41) is 6.71. The molecule has 1 unspecified atom stereocenters. The van der Waals surface area contributed by atoms with E-state index >= 15 is 0 Å². The quantitative estimate of drug-likeness (QED) is 0.203. The molecule has 0 bridgehead atoms. The van der Waals surface area contributed by atoms with Crippen molar-refractivity contribution in [1.82, 2.24) is 15.5 Å². The van der Waals surface area contributed by atoms with E-state index in [1.165, 1.54) is 6.42 Å². The van der Waals surface area contributed by atoms with Crippen LogP contribution in [0.2, 0.25) is 0 Å². The first-order valence-electron chi connectivity index (χ1n) is 10.3. The molecule has 0 aromatic heterocycles. The minimum absolute atomic E-state index is 0. The minimum Gasteiger partial charge on any atom is -0.497 e. The second-order valence-electron chi connectivity index (χ2n) is 6.91. The zero-order chi connectivity index (χ0) is 20.0. The van der Waals surface area contributed by atoms with Gasteiger partial charge in [0.25, 0.3) is 0 Å². The molecule has 0 spiro atoms. The Hall–Kier alpha value is -1.26. The molecule has 1 aromatic rings. The number of unbranched alkanes of at least 4 members (excludes halogenated alkanes) is 1. The van der Waals surface area contributed by atoms with Gasteiger partial charge < -0.3 is 24.8 Å². The summed E-state index contributed by atoms with van der Waals surface area (Å²) in [5.41, 5.74) is 0. The maximum atomic E-state index is 5.94. The van der Waals surface area contributed by atoms with Gasteiger partial charge in [-0.25, -0.2) is 4.99 Å². The first-order chi connectivity index (χ1) is 13.7. The highest BCUT2D eigenvalue weighted by molar-refractivity contribution is 14.0. The van der Waals surface area contributed by atoms with E-state index in [2.05, 4.69) is 27.4 Å². The molecular formula is C21H37IN4O3. The van der Waals surface area contributed by atoms with Crippen molar-refractivity contribution in [2.24, 2.45) is 4.99 Å². The molecule has 2 rings (SSSR count). The van der Waals surface area contributed by atoms with Gasteiger partial charge in [0, 0.05) is 32.2 Å². The maximum Gasteiger partial charge on any atom is 0.191 e. The smallest absolute Gasteiger partial charge is 0.191 e. The highest BCUT2D eigenvalue weighted by Gasteiger charge is 2.09. The molecule has 166 valence electrons. The number of guanidine groups is 1. The number of halogens is 1. The summed E-state index contributed by atoms with van der Waals surface area (Å²) in [6.45, 7) is 11.4. The van der Waals surface area contributed by atoms with Gasteiger partial charge in [-0.2, -0.15) is 0 Å². The summed E-state index contributed by atoms with van der Waals surface area (Å²) in [4.78, 5) is 7.12. The van der Waals surface area contributed by atoms with Gasteiger partial charge in [-0.05, 0) is 45.4 Å². The Morgan fingerprint density at radius 2 is 1.97 bits per heavy atom. The van der Waals surface area contributed by atoms with E-state index in [4.69, 9.17) is 14.2 Å². The van der Waals surface area contributed by atoms with Crippen LogP contribution >= 0.6 is 24.0 Å². The van der Waals surface area contributed by atoms with Crippen LogP contribution in [0.5, 0.6) is 11.5 Å². The maximum absolute atomic E-state index is 5.94. The Morgan fingerprint density at radius 1 is 1.21 bits per heavy atom. The van der Waals surface area contributed by atoms with E-state index < -0.39 is 0 Å². The number of ether oxygens (including phenoxy) is 3. The third-order valence-corrected chi connectivity index (χ3v) is 4.53. The van der Waals surface area contributed by atoms with Crippen LogP contribution in [0.4, 0.5) is 0 Å². The fraction of sp³-hybridized carbons (Fsp3) is 0.667. The van der Waals surface area contributed by atoms with Crippen LogP contribution in [0.1, 0.15) is 26.7 Å². The molecule has 1 atom stereocenters. The van der Waals surface area contributed by atoms with E-state index in [1.807, 2.05) is 31.2 Å². The van der Waals surface area contributed by atoms with E-state index in [1.54, 1.807) is 7.11 Å². The molecule has 0 aliphatic carbocycles. The van der Waals surface area contributed by atoms with Gasteiger partial charge in [0.2, 0.25) is 0 Å². The largest absolute Gasteiger partial charge is 0.497 e. The van der Waals surface area contributed by atoms with Gasteiger partial charge in [0.05, 0.1) is 26.9 Å². The third-order valence-electron chi connectivity index (χ3n) is 4.53. The Kier molecular flexibility index (Phi) is 13.8. The van der Waals surface area contributed by atoms with Crippen LogP contribution in [0, 0.1) is 0 Å². The number of benzene rings is 1. The number of morpholine rings is 1. The lowest BCUT2D eigenvalue weighted by atomic mass is 10.2. The van der Waals surface area contributed by atoms with Crippen molar-refractivity contribution in [3.8, 4) is 11.5 Å². The summed E-state index contributed by atoms with van der Waals surface area (Å²) in [6, 6.07) is 7.65. The summed E-state index contributed by atoms with van der Waals surface area (Å²) >= 11 is 0. The zero-order valence-corrected chi connectivity index (χ0v) is 20.3. The Balaban J connectivity index is 0.00000420. The number of nitrogens with one attached hydrogen (secondary N) is 2. The molecule has 0 radical (unpaired) electrons. The number of aliphatic imine (C=N–C) groups is 1. The van der Waals surface area contributed by atoms with Gasteiger partial charge in [0.15, 0.2) is 5.96 Å². The van der Waals surface area contributed by atoms with Crippen LogP contribution in [0.3, 0.4) is 0 Å². The van der Waals surface area contributed by atoms with E-state index in [-0.39, 0.29) is 30.1 Å². The van der Waals surface area contributed by atoms with Crippen LogP contribution in [0.25, 0.3) is 0 Å². The standard InChI is InChI=1S/C21H36N4O3.HI/c1-4-22-21(23-10-5-6-11-25-12-14-27-15-13-25)24-17-18(2)28-20-9-7-8-19(16-20)26-3;/h7-9,16,18H,4-6,10-15,17H2,1-3H3,(H2,22,23,24);1H. The number of hydrogen-bond donors (Lipinski definition) is 2. The van der Waals surface area contributed by atoms with Gasteiger partial charge in [-0.1, -0.05) is 6.07 Å². The fourth-order valence-corrected chi connectivity index (χ4v) is 3.00. The highest BCUT2D eigenvalue weighted by atomic mass is 127. The van der Waals surface area contributed by atoms with Crippen molar-refractivity contribution in [2.75, 3.05) is 59.6 Å². The lowest BCUT2D eigenvalue weighted by molar-refractivity contribution is 0.0372. The average molecular weight is 520 g/mol. The molecule has 1 fully saturated rings. The van der Waals surface area contributed by atoms with Gasteiger partial charge in [0.1, 0.15) is 17.6 Å². The minimum atomic E-state index is -0.0242. The Labute approximate surface area is 192 Å². The fourth-order valence-electron chi connectivity index (χ4n) is 3.00. The third kappa shape index (κ3) is 10.9. The van der Waals surface area contributed by atoms with Crippen LogP contribution in [0.15, 0.2) is 29.3 Å². The predicted molar refractivity (Wildman–Crippen MR) is 129 cm³/mol. The predicted octanol–water partition coefficient (Wildman–Crippen LogP) is 2.75. The molecule has 2 N–H and O–H groups in total. The number of nitrogens with zero attached hydrogens (tertiary/aromatic N) is 2. The summed E-state index contributed by atoms with van der Waals surface area (Å²) in [6.07, 6.45) is 2.28. The summed E-state index contributed by atoms with van der Waals surface area (Å²) < 4.78 is 16.6. The SMILES string of the molecule is CCNC(=NCC(C)Oc1cccc(OC)c1)NCCCCN1CCOCC1.I. The second kappa shape index (κ2) is 15.6. The van der Waals surface area contributed by atoms with Gasteiger partial charge in [-0.3, -0.25) is 4.90 Å². The van der Waals surface area contributed by atoms with Gasteiger partial charge >= 0.3 is 0 Å². The van der Waals surface area contributed by atoms with E-state index in [0.717, 1.165) is 69.8 Å². The van der Waals surface area contributed by atoms with Crippen molar-refractivity contribution in [1.29, 1.82) is 0 Å². The number of hydrogen-bond acceptors (Lipinski definition) is 5. The number of rotatable bonds is 11. The molecular weight excluding hydrogens is 483 g/mol. The van der Waals surface area contributed by atoms with Crippen LogP contribution < -0.4 is 20.1 Å². The van der Waals surface area contributed by atoms with Crippen molar-refractivity contribution < 1.29 is 14.2 Å². The lowest BCUT2D eigenvalue weighted by Crippen LogP contribution is -2.39. The first-order valence-corrected chi connectivity index (χ1v) is 10.3. The van der Waals surface area contributed by atoms with E-state index in [0.29, 0.717) is 6.54 Å². The summed E-state index contributed by atoms with van der Waals surface area (Å²) in [7, 11) is 1.65. The first kappa shape index (κ1) is 25.8. The van der Waals surface area contributed by atoms with Gasteiger partial charge in [-0.15, -0.1) is 24.0 Å². The average Bonchev–Trinajstić information content (AvgIpc) is 2.72. The molecule has 29 heavy (non-hydrogen) atoms. The van der Waals surface area contributed by atoms with Crippen LogP contribution in [-0.2, 0) is 4.74 Å². The molecule has 1 aromatic carbocycles. The molecule has 0 amide bonds. The van der Waals surface area contributed by atoms with Crippen molar-refractivity contribution in [3.63, 3.8) is 0 Å². The molecule has 8 heteroatoms. The molecule has 7 nitrogen and oxygen atoms in total. The topological polar surface area (TPSA) is 67.4 Å². The molecule has 1 saturated heterocycles. The summed E-state index contributed by atoms with van der Waals surface area (Å²) in [5.74, 6) is 2.43. The zero-order valence-electron chi connectivity index (χ0n) is 18.0. The van der Waals surface area contributed by atoms with E-state index in [9.17, 15) is 0 Å². The molecule has 1 heterocycles. The second-order valence-corrected chi connectivity index (χ2v) is 6.91. The molecule has 1 aliphatic heterocycles. The van der Waals surface area contributed by atoms with Crippen molar-refractivity contribution >= 4 is 29.9 Å². The highest BCUT2D eigenvalue weighted by Crippen LogP contribution is 2.19. The van der Waals surface area contributed by atoms with Crippen LogP contribution in [-0.4, -0.2) is 76.6 Å². The number of methoxy groups -OCH3 is 1. The normalized spacial score (nSPS) is 15.9. The monoisotopic (exact) mass is 520 g/mol. The molecule has 0 saturated carbocycles. The molecule has 1 aliphatic rings. The Morgan fingerprint density at radius 3 is 2.69 bits per heavy atom. The van der Waals surface area contributed by atoms with Crippen molar-refractivity contribution in [2.45, 2.75) is 32.8 Å². The lowest BCUT2D eigenvalue weighted by Gasteiger charge is -2.26. The van der Waals surface area contributed by atoms with Crippen molar-refractivity contribution in [3.05, 3.63) is 24.3 Å². The Bertz CT molecular complexity index is 583.